The van der Waals surface area contributed by atoms with Crippen LogP contribution in [0.3, 0.4) is 0 Å². The van der Waals surface area contributed by atoms with E-state index in [4.69, 9.17) is 0 Å². The maximum absolute atomic E-state index is 13.3. The Bertz CT molecular complexity index is 932. The molecule has 0 aliphatic rings. The molecule has 0 spiro atoms. The molecule has 0 heterocycles. The maximum atomic E-state index is 13.3. The lowest BCUT2D eigenvalue weighted by Gasteiger charge is -2.13. The lowest BCUT2D eigenvalue weighted by molar-refractivity contribution is 0.627. The first-order chi connectivity index (χ1) is 13.1. The normalized spacial score (nSPS) is 11.6. The lowest BCUT2D eigenvalue weighted by Crippen LogP contribution is -2.19. The van der Waals surface area contributed by atoms with Crippen molar-refractivity contribution in [3.8, 4) is 0 Å². The summed E-state index contributed by atoms with van der Waals surface area (Å²) < 4.78 is 13.3. The topological polar surface area (TPSA) is 40.0 Å². The summed E-state index contributed by atoms with van der Waals surface area (Å²) in [7, 11) is 3.99. The Balaban J connectivity index is 1.87. The third-order valence-electron chi connectivity index (χ3n) is 3.89. The predicted molar refractivity (Wildman–Crippen MR) is 111 cm³/mol. The molecule has 0 amide bonds. The van der Waals surface area contributed by atoms with Gasteiger partial charge in [0.1, 0.15) is 5.82 Å². The van der Waals surface area contributed by atoms with Gasteiger partial charge in [-0.15, -0.1) is 0 Å². The number of amidine groups is 1. The first kappa shape index (κ1) is 18.3. The van der Waals surface area contributed by atoms with Gasteiger partial charge in [-0.2, -0.15) is 5.10 Å². The highest BCUT2D eigenvalue weighted by Crippen LogP contribution is 2.16. The number of para-hydroxylation sites is 1. The largest absolute Gasteiger partial charge is 0.378 e. The van der Waals surface area contributed by atoms with Gasteiger partial charge in [-0.3, -0.25) is 5.43 Å². The molecule has 0 aliphatic heterocycles. The molecule has 3 aromatic rings. The van der Waals surface area contributed by atoms with Crippen molar-refractivity contribution in [1.82, 2.24) is 5.43 Å². The van der Waals surface area contributed by atoms with E-state index in [1.54, 1.807) is 18.3 Å². The number of hydrogen-bond donors (Lipinski definition) is 1. The lowest BCUT2D eigenvalue weighted by atomic mass is 10.2. The van der Waals surface area contributed by atoms with Crippen LogP contribution in [0.1, 0.15) is 11.1 Å². The molecule has 0 fully saturated rings. The van der Waals surface area contributed by atoms with E-state index < -0.39 is 0 Å². The molecule has 5 heteroatoms. The van der Waals surface area contributed by atoms with E-state index >= 15 is 0 Å². The highest BCUT2D eigenvalue weighted by atomic mass is 19.1. The number of aliphatic imine (C=N–C) groups is 1. The summed E-state index contributed by atoms with van der Waals surface area (Å²) >= 11 is 0. The smallest absolute Gasteiger partial charge is 0.154 e. The third kappa shape index (κ3) is 5.25. The van der Waals surface area contributed by atoms with Crippen LogP contribution in [0.15, 0.2) is 89.0 Å². The Morgan fingerprint density at radius 2 is 1.67 bits per heavy atom. The number of nitrogens with one attached hydrogen (secondary N) is 1. The SMILES string of the molecule is CN(C)c1ccc(C(=Nc2ccccc2)N/N=C/c2cccc(F)c2)cc1. The molecule has 0 radical (unpaired) electrons. The minimum Gasteiger partial charge on any atom is -0.378 e. The molecule has 0 saturated carbocycles. The molecule has 0 bridgehead atoms. The zero-order valence-electron chi connectivity index (χ0n) is 15.3. The van der Waals surface area contributed by atoms with Crippen molar-refractivity contribution in [2.24, 2.45) is 10.1 Å². The Labute approximate surface area is 158 Å². The van der Waals surface area contributed by atoms with E-state index in [1.165, 1.54) is 12.1 Å². The van der Waals surface area contributed by atoms with Crippen molar-refractivity contribution in [2.45, 2.75) is 0 Å². The average Bonchev–Trinajstić information content (AvgIpc) is 2.68. The zero-order chi connectivity index (χ0) is 19.1. The Kier molecular flexibility index (Phi) is 5.94. The van der Waals surface area contributed by atoms with Crippen LogP contribution < -0.4 is 10.3 Å². The van der Waals surface area contributed by atoms with Crippen molar-refractivity contribution < 1.29 is 4.39 Å². The first-order valence-electron chi connectivity index (χ1n) is 8.58. The van der Waals surface area contributed by atoms with Gasteiger partial charge in [0, 0.05) is 25.3 Å². The molecule has 3 rings (SSSR count). The Morgan fingerprint density at radius 1 is 0.926 bits per heavy atom. The molecule has 4 nitrogen and oxygen atoms in total. The van der Waals surface area contributed by atoms with Crippen LogP contribution in [-0.4, -0.2) is 26.1 Å². The molecule has 0 atom stereocenters. The van der Waals surface area contributed by atoms with Crippen molar-refractivity contribution in [2.75, 3.05) is 19.0 Å². The second kappa shape index (κ2) is 8.76. The first-order valence-corrected chi connectivity index (χ1v) is 8.58. The summed E-state index contributed by atoms with van der Waals surface area (Å²) in [5.74, 6) is 0.315. The molecular formula is C22H21FN4. The van der Waals surface area contributed by atoms with Gasteiger partial charge in [0.2, 0.25) is 0 Å². The number of anilines is 1. The molecule has 0 unspecified atom stereocenters. The van der Waals surface area contributed by atoms with Crippen LogP contribution in [0.5, 0.6) is 0 Å². The molecular weight excluding hydrogens is 339 g/mol. The number of nitrogens with zero attached hydrogens (tertiary/aromatic N) is 3. The fourth-order valence-electron chi connectivity index (χ4n) is 2.46. The maximum Gasteiger partial charge on any atom is 0.154 e. The molecule has 3 aromatic carbocycles. The van der Waals surface area contributed by atoms with Crippen molar-refractivity contribution in [3.63, 3.8) is 0 Å². The van der Waals surface area contributed by atoms with E-state index in [9.17, 15) is 4.39 Å². The fraction of sp³-hybridized carbons (Fsp3) is 0.0909. The van der Waals surface area contributed by atoms with Crippen LogP contribution in [0.25, 0.3) is 0 Å². The highest BCUT2D eigenvalue weighted by molar-refractivity contribution is 6.01. The van der Waals surface area contributed by atoms with Gasteiger partial charge in [-0.05, 0) is 54.1 Å². The monoisotopic (exact) mass is 360 g/mol. The highest BCUT2D eigenvalue weighted by Gasteiger charge is 2.04. The fourth-order valence-corrected chi connectivity index (χ4v) is 2.46. The van der Waals surface area contributed by atoms with Gasteiger partial charge in [0.05, 0.1) is 11.9 Å². The number of hydrazone groups is 1. The number of benzene rings is 3. The van der Waals surface area contributed by atoms with Gasteiger partial charge in [-0.1, -0.05) is 30.3 Å². The van der Waals surface area contributed by atoms with Gasteiger partial charge in [-0.25, -0.2) is 9.38 Å². The molecule has 136 valence electrons. The van der Waals surface area contributed by atoms with Crippen molar-refractivity contribution in [1.29, 1.82) is 0 Å². The van der Waals surface area contributed by atoms with Gasteiger partial charge in [0.25, 0.3) is 0 Å². The van der Waals surface area contributed by atoms with Crippen LogP contribution in [0.2, 0.25) is 0 Å². The van der Waals surface area contributed by atoms with Gasteiger partial charge < -0.3 is 4.90 Å². The third-order valence-corrected chi connectivity index (χ3v) is 3.89. The standard InChI is InChI=1S/C22H21FN4/c1-27(2)21-13-11-18(12-14-21)22(25-20-9-4-3-5-10-20)26-24-16-17-7-6-8-19(23)15-17/h3-16H,1-2H3,(H,25,26)/b24-16+. The summed E-state index contributed by atoms with van der Waals surface area (Å²) in [6.45, 7) is 0. The number of halogens is 1. The average molecular weight is 360 g/mol. The van der Waals surface area contributed by atoms with E-state index in [0.717, 1.165) is 16.9 Å². The minimum absolute atomic E-state index is 0.295. The Morgan fingerprint density at radius 3 is 2.33 bits per heavy atom. The van der Waals surface area contributed by atoms with E-state index in [1.807, 2.05) is 73.6 Å². The summed E-state index contributed by atoms with van der Waals surface area (Å²) in [5, 5.41) is 4.23. The molecule has 0 aliphatic carbocycles. The van der Waals surface area contributed by atoms with Crippen LogP contribution >= 0.6 is 0 Å². The molecule has 0 aromatic heterocycles. The second-order valence-electron chi connectivity index (χ2n) is 6.16. The molecule has 0 saturated heterocycles. The van der Waals surface area contributed by atoms with E-state index in [2.05, 4.69) is 15.5 Å². The Hall–Kier alpha value is -3.47. The van der Waals surface area contributed by atoms with Crippen LogP contribution in [0.4, 0.5) is 15.8 Å². The van der Waals surface area contributed by atoms with Crippen LogP contribution in [0, 0.1) is 5.82 Å². The molecule has 27 heavy (non-hydrogen) atoms. The second-order valence-corrected chi connectivity index (χ2v) is 6.16. The number of hydrogen-bond acceptors (Lipinski definition) is 3. The summed E-state index contributed by atoms with van der Waals surface area (Å²) in [6.07, 6.45) is 1.57. The van der Waals surface area contributed by atoms with E-state index in [-0.39, 0.29) is 5.82 Å². The van der Waals surface area contributed by atoms with Gasteiger partial charge >= 0.3 is 0 Å². The molecule has 1 N–H and O–H groups in total. The van der Waals surface area contributed by atoms with Gasteiger partial charge in [0.15, 0.2) is 5.84 Å². The minimum atomic E-state index is -0.295. The quantitative estimate of drug-likeness (QED) is 0.411. The number of rotatable bonds is 5. The summed E-state index contributed by atoms with van der Waals surface area (Å²) in [6, 6.07) is 23.9. The zero-order valence-corrected chi connectivity index (χ0v) is 15.3. The van der Waals surface area contributed by atoms with E-state index in [0.29, 0.717) is 11.4 Å². The van der Waals surface area contributed by atoms with Crippen molar-refractivity contribution >= 4 is 23.4 Å². The summed E-state index contributed by atoms with van der Waals surface area (Å²) in [4.78, 5) is 6.69. The predicted octanol–water partition coefficient (Wildman–Crippen LogP) is 4.59. The summed E-state index contributed by atoms with van der Waals surface area (Å²) in [5.41, 5.74) is 6.47. The van der Waals surface area contributed by atoms with Crippen LogP contribution in [-0.2, 0) is 0 Å². The van der Waals surface area contributed by atoms with Crippen molar-refractivity contribution in [3.05, 3.63) is 95.8 Å².